The Morgan fingerprint density at radius 1 is 1.06 bits per heavy atom. The molecule has 0 radical (unpaired) electrons. The van der Waals surface area contributed by atoms with Crippen molar-refractivity contribution in [1.29, 1.82) is 0 Å². The van der Waals surface area contributed by atoms with Crippen molar-refractivity contribution in [1.82, 2.24) is 9.80 Å². The van der Waals surface area contributed by atoms with Gasteiger partial charge >= 0.3 is 18.2 Å². The summed E-state index contributed by atoms with van der Waals surface area (Å²) in [6.07, 6.45) is -13.1. The van der Waals surface area contributed by atoms with Gasteiger partial charge in [0, 0.05) is 18.5 Å². The standard InChI is InChI=1S/C37H60F3N3O10/c1-11-27-36(8,50)30(46)23(6)43(34(48)41-25-15-13-12-14-24(25)37(38,39)40)18-19(2)17-35(7,49)31(21(4)28(44)22(5)32(47)52-27)53-33-29(45)26(42(9)10)16-20(3)51-33/h12-15,19-23,26-31,33,44-46,49-50H,11,16-18H2,1-10H3,(H,41,48)/t19-,20-,21+,22-,23-,26+,27-,28+,29-,30-,31-,33+,35-,36-/m1/s1. The normalized spacial score (nSPS) is 39.9. The Morgan fingerprint density at radius 2 is 1.66 bits per heavy atom. The van der Waals surface area contributed by atoms with Crippen LogP contribution in [0.1, 0.15) is 80.2 Å². The van der Waals surface area contributed by atoms with Crippen LogP contribution in [-0.2, 0) is 25.2 Å². The molecule has 1 aromatic rings. The van der Waals surface area contributed by atoms with E-state index in [4.69, 9.17) is 14.2 Å². The van der Waals surface area contributed by atoms with Gasteiger partial charge in [-0.05, 0) is 86.0 Å². The first-order chi connectivity index (χ1) is 24.3. The number of hydrogen-bond acceptors (Lipinski definition) is 11. The van der Waals surface area contributed by atoms with E-state index in [1.807, 2.05) is 11.8 Å². The number of urea groups is 1. The number of amides is 2. The lowest BCUT2D eigenvalue weighted by Gasteiger charge is -2.46. The summed E-state index contributed by atoms with van der Waals surface area (Å²) in [4.78, 5) is 30.4. The van der Waals surface area contributed by atoms with Crippen molar-refractivity contribution in [3.05, 3.63) is 29.8 Å². The maximum atomic E-state index is 13.9. The molecule has 0 unspecified atom stereocenters. The molecule has 2 heterocycles. The van der Waals surface area contributed by atoms with Crippen LogP contribution in [0.25, 0.3) is 0 Å². The van der Waals surface area contributed by atoms with Gasteiger partial charge in [0.15, 0.2) is 6.29 Å². The smallest absolute Gasteiger partial charge is 0.418 e. The molecule has 0 aromatic heterocycles. The van der Waals surface area contributed by atoms with Crippen molar-refractivity contribution in [2.45, 2.75) is 147 Å². The van der Waals surface area contributed by atoms with Crippen molar-refractivity contribution in [2.24, 2.45) is 17.8 Å². The van der Waals surface area contributed by atoms with E-state index in [9.17, 15) is 48.3 Å². The number of rotatable bonds is 5. The molecule has 13 nitrogen and oxygen atoms in total. The molecular weight excluding hydrogens is 703 g/mol. The molecular formula is C37H60F3N3O10. The minimum absolute atomic E-state index is 0.00499. The fourth-order valence-electron chi connectivity index (χ4n) is 7.81. The van der Waals surface area contributed by atoms with Crippen LogP contribution in [0.2, 0.25) is 0 Å². The van der Waals surface area contributed by atoms with Gasteiger partial charge in [0.2, 0.25) is 0 Å². The van der Waals surface area contributed by atoms with Crippen molar-refractivity contribution >= 4 is 17.7 Å². The summed E-state index contributed by atoms with van der Waals surface area (Å²) in [5.41, 5.74) is -5.65. The number of para-hydroxylation sites is 1. The van der Waals surface area contributed by atoms with E-state index in [1.54, 1.807) is 34.9 Å². The van der Waals surface area contributed by atoms with Crippen LogP contribution in [0.5, 0.6) is 0 Å². The molecule has 3 rings (SSSR count). The van der Waals surface area contributed by atoms with Gasteiger partial charge in [0.25, 0.3) is 0 Å². The zero-order valence-electron chi connectivity index (χ0n) is 32.4. The second-order valence-electron chi connectivity index (χ2n) is 15.8. The molecule has 2 aliphatic rings. The number of aliphatic hydroxyl groups excluding tert-OH is 3. The summed E-state index contributed by atoms with van der Waals surface area (Å²) in [6.45, 7) is 11.9. The zero-order valence-corrected chi connectivity index (χ0v) is 32.4. The Balaban J connectivity index is 2.12. The fourth-order valence-corrected chi connectivity index (χ4v) is 7.81. The summed E-state index contributed by atoms with van der Waals surface area (Å²) in [7, 11) is 3.60. The maximum Gasteiger partial charge on any atom is 0.418 e. The molecule has 2 saturated heterocycles. The molecule has 304 valence electrons. The number of nitrogens with zero attached hydrogens (tertiary/aromatic N) is 2. The minimum Gasteiger partial charge on any atom is -0.459 e. The Morgan fingerprint density at radius 3 is 2.23 bits per heavy atom. The largest absolute Gasteiger partial charge is 0.459 e. The van der Waals surface area contributed by atoms with E-state index in [1.165, 1.54) is 39.8 Å². The fraction of sp³-hybridized carbons (Fsp3) is 0.784. The highest BCUT2D eigenvalue weighted by molar-refractivity contribution is 5.90. The number of alkyl halides is 3. The summed E-state index contributed by atoms with van der Waals surface area (Å²) < 4.78 is 59.7. The average Bonchev–Trinajstić information content (AvgIpc) is 3.06. The summed E-state index contributed by atoms with van der Waals surface area (Å²) in [5.74, 6) is -3.81. The molecule has 0 spiro atoms. The maximum absolute atomic E-state index is 13.9. The lowest BCUT2D eigenvalue weighted by atomic mass is 9.78. The number of ether oxygens (including phenoxy) is 3. The minimum atomic E-state index is -4.80. The van der Waals surface area contributed by atoms with Gasteiger partial charge in [-0.3, -0.25) is 4.79 Å². The van der Waals surface area contributed by atoms with Gasteiger partial charge in [-0.15, -0.1) is 0 Å². The predicted octanol–water partition coefficient (Wildman–Crippen LogP) is 3.60. The first-order valence-electron chi connectivity index (χ1n) is 18.3. The third kappa shape index (κ3) is 10.4. The third-order valence-electron chi connectivity index (χ3n) is 10.9. The summed E-state index contributed by atoms with van der Waals surface area (Å²) >= 11 is 0. The number of likely N-dealkylation sites (N-methyl/N-ethyl adjacent to an activating group) is 1. The molecule has 1 aromatic carbocycles. The van der Waals surface area contributed by atoms with Crippen LogP contribution in [0.15, 0.2) is 24.3 Å². The number of nitrogens with one attached hydrogen (secondary N) is 1. The molecule has 2 fully saturated rings. The van der Waals surface area contributed by atoms with E-state index in [2.05, 4.69) is 5.32 Å². The summed E-state index contributed by atoms with van der Waals surface area (Å²) in [5, 5.41) is 60.7. The number of hydrogen-bond donors (Lipinski definition) is 6. The molecule has 2 aliphatic heterocycles. The lowest BCUT2D eigenvalue weighted by molar-refractivity contribution is -0.299. The van der Waals surface area contributed by atoms with Crippen molar-refractivity contribution < 1.29 is 62.5 Å². The lowest BCUT2D eigenvalue weighted by Crippen LogP contribution is -2.61. The molecule has 0 saturated carbocycles. The molecule has 16 heteroatoms. The van der Waals surface area contributed by atoms with Crippen molar-refractivity contribution in [2.75, 3.05) is 26.0 Å². The number of anilines is 1. The van der Waals surface area contributed by atoms with Gasteiger partial charge < -0.3 is 54.9 Å². The Labute approximate surface area is 310 Å². The summed E-state index contributed by atoms with van der Waals surface area (Å²) in [6, 6.07) is 1.73. The molecule has 2 amide bonds. The monoisotopic (exact) mass is 763 g/mol. The average molecular weight is 764 g/mol. The van der Waals surface area contributed by atoms with Crippen molar-refractivity contribution in [3.63, 3.8) is 0 Å². The van der Waals surface area contributed by atoms with Gasteiger partial charge in [0.1, 0.15) is 23.9 Å². The van der Waals surface area contributed by atoms with Crippen molar-refractivity contribution in [3.8, 4) is 0 Å². The highest BCUT2D eigenvalue weighted by Crippen LogP contribution is 2.38. The zero-order chi connectivity index (χ0) is 40.4. The van der Waals surface area contributed by atoms with E-state index in [-0.39, 0.29) is 31.5 Å². The van der Waals surface area contributed by atoms with E-state index in [0.717, 1.165) is 17.0 Å². The first-order valence-corrected chi connectivity index (χ1v) is 18.3. The molecule has 53 heavy (non-hydrogen) atoms. The molecule has 6 N–H and O–H groups in total. The highest BCUT2D eigenvalue weighted by Gasteiger charge is 2.50. The SMILES string of the molecule is CC[C@H]1OC(=O)[C@H](C)[C@@H](O)[C@H](C)[C@@H](O[C@@H]2O[C@H](C)C[C@H](N(C)C)[C@H]2O)[C@](C)(O)C[C@@H](C)CN(C(=O)Nc2ccccc2C(F)(F)F)[C@H](C)[C@@H](O)[C@]1(C)O. The third-order valence-corrected chi connectivity index (χ3v) is 10.9. The second kappa shape index (κ2) is 17.5. The number of cyclic esters (lactones) is 1. The van der Waals surface area contributed by atoms with Gasteiger partial charge in [-0.1, -0.05) is 32.9 Å². The topological polar surface area (TPSA) is 181 Å². The van der Waals surface area contributed by atoms with E-state index in [0.29, 0.717) is 6.42 Å². The van der Waals surface area contributed by atoms with E-state index < -0.39 is 101 Å². The van der Waals surface area contributed by atoms with Crippen LogP contribution >= 0.6 is 0 Å². The predicted molar refractivity (Wildman–Crippen MR) is 189 cm³/mol. The van der Waals surface area contributed by atoms with Crippen LogP contribution < -0.4 is 5.32 Å². The number of aliphatic hydroxyl groups is 5. The number of halogens is 3. The van der Waals surface area contributed by atoms with Gasteiger partial charge in [-0.2, -0.15) is 13.2 Å². The molecule has 0 bridgehead atoms. The Bertz CT molecular complexity index is 1380. The number of benzene rings is 1. The highest BCUT2D eigenvalue weighted by atomic mass is 19.4. The molecule has 0 aliphatic carbocycles. The van der Waals surface area contributed by atoms with Gasteiger partial charge in [0.05, 0.1) is 47.1 Å². The Kier molecular flexibility index (Phi) is 14.8. The first kappa shape index (κ1) is 44.8. The number of carbonyl (C=O) groups is 2. The van der Waals surface area contributed by atoms with Gasteiger partial charge in [-0.25, -0.2) is 4.79 Å². The number of esters is 1. The van der Waals surface area contributed by atoms with E-state index >= 15 is 0 Å². The van der Waals surface area contributed by atoms with Crippen LogP contribution in [-0.4, -0.2) is 134 Å². The molecule has 14 atom stereocenters. The number of carbonyl (C=O) groups excluding carboxylic acids is 2. The van der Waals surface area contributed by atoms with Crippen LogP contribution in [0, 0.1) is 17.8 Å². The quantitative estimate of drug-likeness (QED) is 0.241. The van der Waals surface area contributed by atoms with Crippen LogP contribution in [0.4, 0.5) is 23.7 Å². The van der Waals surface area contributed by atoms with Crippen LogP contribution in [0.3, 0.4) is 0 Å². The second-order valence-corrected chi connectivity index (χ2v) is 15.8. The Hall–Kier alpha value is -2.57.